The first-order chi connectivity index (χ1) is 9.19. The maximum absolute atomic E-state index is 12.3. The van der Waals surface area contributed by atoms with Crippen molar-refractivity contribution >= 4 is 23.4 Å². The molecular weight excluding hydrogens is 262 g/mol. The second kappa shape index (κ2) is 6.74. The summed E-state index contributed by atoms with van der Waals surface area (Å²) in [5.74, 6) is 1.48. The molecule has 0 spiro atoms. The van der Waals surface area contributed by atoms with Gasteiger partial charge in [0.25, 0.3) is 0 Å². The van der Waals surface area contributed by atoms with Crippen LogP contribution in [0.2, 0.25) is 0 Å². The van der Waals surface area contributed by atoms with E-state index in [0.29, 0.717) is 18.3 Å². The number of amides is 2. The summed E-state index contributed by atoms with van der Waals surface area (Å²) in [6.07, 6.45) is 7.02. The van der Waals surface area contributed by atoms with Crippen LogP contribution in [0.5, 0.6) is 0 Å². The molecule has 2 atom stereocenters. The molecule has 2 aliphatic rings. The van der Waals surface area contributed by atoms with Crippen LogP contribution in [-0.4, -0.2) is 29.1 Å². The summed E-state index contributed by atoms with van der Waals surface area (Å²) < 4.78 is 0. The topological polar surface area (TPSA) is 37.4 Å². The lowest BCUT2D eigenvalue weighted by molar-refractivity contribution is -0.140. The number of unbranched alkanes of at least 4 members (excludes halogenated alkanes) is 3. The first-order valence-corrected chi connectivity index (χ1v) is 8.13. The van der Waals surface area contributed by atoms with Crippen molar-refractivity contribution in [2.45, 2.75) is 51.9 Å². The van der Waals surface area contributed by atoms with Crippen LogP contribution in [0.1, 0.15) is 51.9 Å². The van der Waals surface area contributed by atoms with Crippen LogP contribution in [-0.2, 0) is 9.59 Å². The van der Waals surface area contributed by atoms with E-state index in [1.807, 2.05) is 0 Å². The fraction of sp³-hybridized carbons (Fsp3) is 0.867. The fourth-order valence-electron chi connectivity index (χ4n) is 3.47. The Labute approximate surface area is 120 Å². The fourth-order valence-corrected chi connectivity index (χ4v) is 3.66. The predicted octanol–water partition coefficient (Wildman–Crippen LogP) is 3.21. The molecule has 2 rings (SSSR count). The number of rotatable bonds is 7. The van der Waals surface area contributed by atoms with Crippen LogP contribution in [0.25, 0.3) is 0 Å². The molecule has 1 aliphatic heterocycles. The maximum Gasteiger partial charge on any atom is 0.233 e. The Balaban J connectivity index is 1.81. The Morgan fingerprint density at radius 1 is 1.05 bits per heavy atom. The van der Waals surface area contributed by atoms with Gasteiger partial charge in [-0.25, -0.2) is 0 Å². The number of halogens is 1. The van der Waals surface area contributed by atoms with Gasteiger partial charge < -0.3 is 0 Å². The number of carbonyl (C=O) groups excluding carboxylic acids is 2. The van der Waals surface area contributed by atoms with E-state index < -0.39 is 0 Å². The van der Waals surface area contributed by atoms with Crippen molar-refractivity contribution in [1.29, 1.82) is 0 Å². The summed E-state index contributed by atoms with van der Waals surface area (Å²) in [5.41, 5.74) is 0. The molecule has 0 aromatic rings. The van der Waals surface area contributed by atoms with E-state index in [1.165, 1.54) is 4.90 Å². The summed E-state index contributed by atoms with van der Waals surface area (Å²) >= 11 is 5.63. The van der Waals surface area contributed by atoms with E-state index in [4.69, 9.17) is 11.6 Å². The number of hydrogen-bond donors (Lipinski definition) is 0. The van der Waals surface area contributed by atoms with E-state index in [1.54, 1.807) is 0 Å². The molecule has 1 saturated heterocycles. The van der Waals surface area contributed by atoms with Crippen LogP contribution >= 0.6 is 11.6 Å². The van der Waals surface area contributed by atoms with Gasteiger partial charge >= 0.3 is 0 Å². The standard InChI is InChI=1S/C15H24ClNO2/c1-2-11-9-12-13(10-11)15(19)17(14(12)18)8-6-4-3-5-7-16/h11-13H,2-10H2,1H3. The third-order valence-corrected chi connectivity index (χ3v) is 4.94. The molecule has 108 valence electrons. The number of hydrogen-bond acceptors (Lipinski definition) is 2. The normalized spacial score (nSPS) is 30.2. The second-order valence-corrected chi connectivity index (χ2v) is 6.27. The van der Waals surface area contributed by atoms with Crippen LogP contribution < -0.4 is 0 Å². The quantitative estimate of drug-likeness (QED) is 0.409. The highest BCUT2D eigenvalue weighted by Crippen LogP contribution is 2.44. The predicted molar refractivity (Wildman–Crippen MR) is 75.9 cm³/mol. The first-order valence-electron chi connectivity index (χ1n) is 7.60. The first kappa shape index (κ1) is 14.8. The highest BCUT2D eigenvalue weighted by Gasteiger charge is 2.51. The molecule has 0 N–H and O–H groups in total. The molecule has 1 heterocycles. The average Bonchev–Trinajstić information content (AvgIpc) is 2.93. The number of carbonyl (C=O) groups is 2. The van der Waals surface area contributed by atoms with Gasteiger partial charge in [-0.3, -0.25) is 14.5 Å². The Hall–Kier alpha value is -0.570. The molecule has 3 nitrogen and oxygen atoms in total. The van der Waals surface area contributed by atoms with Gasteiger partial charge in [-0.15, -0.1) is 11.6 Å². The SMILES string of the molecule is CCC1CC2C(=O)N(CCCCCCCl)C(=O)C2C1. The zero-order valence-corrected chi connectivity index (χ0v) is 12.5. The van der Waals surface area contributed by atoms with E-state index in [0.717, 1.165) is 44.9 Å². The van der Waals surface area contributed by atoms with E-state index in [2.05, 4.69) is 6.92 Å². The molecule has 0 aromatic carbocycles. The third-order valence-electron chi connectivity index (χ3n) is 4.67. The number of imide groups is 1. The molecule has 0 radical (unpaired) electrons. The molecule has 1 aliphatic carbocycles. The van der Waals surface area contributed by atoms with Crippen molar-refractivity contribution < 1.29 is 9.59 Å². The molecule has 2 amide bonds. The third kappa shape index (κ3) is 3.13. The highest BCUT2D eigenvalue weighted by atomic mass is 35.5. The molecule has 0 bridgehead atoms. The Kier molecular flexibility index (Phi) is 5.26. The van der Waals surface area contributed by atoms with E-state index in [9.17, 15) is 9.59 Å². The molecule has 0 aromatic heterocycles. The van der Waals surface area contributed by atoms with Gasteiger partial charge in [0.05, 0.1) is 11.8 Å². The number of nitrogens with zero attached hydrogens (tertiary/aromatic N) is 1. The lowest BCUT2D eigenvalue weighted by Gasteiger charge is -2.17. The summed E-state index contributed by atoms with van der Waals surface area (Å²) in [7, 11) is 0. The monoisotopic (exact) mass is 285 g/mol. The number of likely N-dealkylation sites (tertiary alicyclic amines) is 1. The van der Waals surface area contributed by atoms with Gasteiger partial charge in [-0.2, -0.15) is 0 Å². The average molecular weight is 286 g/mol. The van der Waals surface area contributed by atoms with Crippen molar-refractivity contribution in [3.63, 3.8) is 0 Å². The van der Waals surface area contributed by atoms with E-state index >= 15 is 0 Å². The molecule has 4 heteroatoms. The Morgan fingerprint density at radius 3 is 2.16 bits per heavy atom. The molecule has 2 unspecified atom stereocenters. The van der Waals surface area contributed by atoms with Gasteiger partial charge in [-0.1, -0.05) is 26.2 Å². The lowest BCUT2D eigenvalue weighted by atomic mass is 10.00. The van der Waals surface area contributed by atoms with Gasteiger partial charge in [0, 0.05) is 12.4 Å². The van der Waals surface area contributed by atoms with Crippen molar-refractivity contribution in [3.8, 4) is 0 Å². The van der Waals surface area contributed by atoms with Gasteiger partial charge in [0.1, 0.15) is 0 Å². The van der Waals surface area contributed by atoms with Crippen LogP contribution in [0.4, 0.5) is 0 Å². The van der Waals surface area contributed by atoms with Gasteiger partial charge in [0.15, 0.2) is 0 Å². The maximum atomic E-state index is 12.3. The van der Waals surface area contributed by atoms with Crippen molar-refractivity contribution in [3.05, 3.63) is 0 Å². The Bertz CT molecular complexity index is 321. The molecular formula is C15H24ClNO2. The summed E-state index contributed by atoms with van der Waals surface area (Å²) in [6, 6.07) is 0. The summed E-state index contributed by atoms with van der Waals surface area (Å²) in [5, 5.41) is 0. The molecule has 1 saturated carbocycles. The largest absolute Gasteiger partial charge is 0.282 e. The number of fused-ring (bicyclic) bond motifs is 1. The minimum absolute atomic E-state index is 0.000270. The van der Waals surface area contributed by atoms with Crippen molar-refractivity contribution in [1.82, 2.24) is 4.90 Å². The molecule has 2 fully saturated rings. The summed E-state index contributed by atoms with van der Waals surface area (Å²) in [6.45, 7) is 2.76. The lowest BCUT2D eigenvalue weighted by Crippen LogP contribution is -2.33. The van der Waals surface area contributed by atoms with Gasteiger partial charge in [0.2, 0.25) is 11.8 Å². The van der Waals surface area contributed by atoms with Gasteiger partial charge in [-0.05, 0) is 31.6 Å². The van der Waals surface area contributed by atoms with E-state index in [-0.39, 0.29) is 23.7 Å². The summed E-state index contributed by atoms with van der Waals surface area (Å²) in [4.78, 5) is 26.1. The van der Waals surface area contributed by atoms with Crippen molar-refractivity contribution in [2.75, 3.05) is 12.4 Å². The second-order valence-electron chi connectivity index (χ2n) is 5.89. The zero-order valence-electron chi connectivity index (χ0n) is 11.7. The van der Waals surface area contributed by atoms with Crippen LogP contribution in [0.3, 0.4) is 0 Å². The van der Waals surface area contributed by atoms with Crippen LogP contribution in [0.15, 0.2) is 0 Å². The molecule has 19 heavy (non-hydrogen) atoms. The minimum Gasteiger partial charge on any atom is -0.282 e. The highest BCUT2D eigenvalue weighted by molar-refractivity contribution is 6.17. The minimum atomic E-state index is 0.000270. The smallest absolute Gasteiger partial charge is 0.233 e. The van der Waals surface area contributed by atoms with Crippen LogP contribution in [0, 0.1) is 17.8 Å². The Morgan fingerprint density at radius 2 is 1.63 bits per heavy atom. The number of alkyl halides is 1. The zero-order chi connectivity index (χ0) is 13.8. The van der Waals surface area contributed by atoms with Crippen molar-refractivity contribution in [2.24, 2.45) is 17.8 Å².